The van der Waals surface area contributed by atoms with Crippen LogP contribution in [0.4, 0.5) is 5.69 Å². The van der Waals surface area contributed by atoms with Crippen LogP contribution in [0.2, 0.25) is 0 Å². The minimum atomic E-state index is -0.364. The molecule has 0 atom stereocenters. The van der Waals surface area contributed by atoms with Crippen LogP contribution in [0.15, 0.2) is 24.3 Å². The number of methoxy groups -OCH3 is 1. The predicted molar refractivity (Wildman–Crippen MR) is 152 cm³/mol. The lowest BCUT2D eigenvalue weighted by atomic mass is 10.2. The van der Waals surface area contributed by atoms with E-state index in [0.717, 1.165) is 25.1 Å². The van der Waals surface area contributed by atoms with Gasteiger partial charge in [-0.2, -0.15) is 0 Å². The summed E-state index contributed by atoms with van der Waals surface area (Å²) in [5.74, 6) is -0.653. The van der Waals surface area contributed by atoms with E-state index >= 15 is 0 Å². The van der Waals surface area contributed by atoms with Crippen molar-refractivity contribution >= 4 is 17.6 Å². The number of nitrogens with one attached hydrogen (secondary N) is 1. The Hall–Kier alpha value is -2.32. The maximum atomic E-state index is 12.1. The molecule has 12 nitrogen and oxygen atoms in total. The van der Waals surface area contributed by atoms with Crippen LogP contribution >= 0.6 is 0 Å². The molecule has 1 rings (SSSR count). The van der Waals surface area contributed by atoms with Gasteiger partial charge in [0.25, 0.3) is 0 Å². The summed E-state index contributed by atoms with van der Waals surface area (Å²) in [4.78, 5) is 23.0. The SMILES string of the molecule is CCCCNc1ccc(C(=O)OCCOCCOCCOCCOCCOCCOCCOCCC(=O)OC)cc1. The normalized spacial score (nSPS) is 11.0. The Morgan fingerprint density at radius 3 is 1.44 bits per heavy atom. The Bertz CT molecular complexity index is 749. The number of hydrogen-bond donors (Lipinski definition) is 1. The average Bonchev–Trinajstić information content (AvgIpc) is 2.99. The molecule has 0 amide bonds. The molecule has 0 bridgehead atoms. The topological polar surface area (TPSA) is 129 Å². The fourth-order valence-corrected chi connectivity index (χ4v) is 3.09. The molecule has 0 fully saturated rings. The van der Waals surface area contributed by atoms with Gasteiger partial charge in [0, 0.05) is 12.2 Å². The van der Waals surface area contributed by atoms with E-state index in [4.69, 9.17) is 37.9 Å². The van der Waals surface area contributed by atoms with Crippen LogP contribution in [0.25, 0.3) is 0 Å². The molecule has 1 aromatic carbocycles. The maximum Gasteiger partial charge on any atom is 0.338 e. The van der Waals surface area contributed by atoms with Gasteiger partial charge in [-0.3, -0.25) is 4.79 Å². The number of benzene rings is 1. The second-order valence-electron chi connectivity index (χ2n) is 8.61. The lowest BCUT2D eigenvalue weighted by Gasteiger charge is -2.09. The van der Waals surface area contributed by atoms with E-state index in [1.54, 1.807) is 12.1 Å². The Morgan fingerprint density at radius 2 is 1.02 bits per heavy atom. The molecule has 0 unspecified atom stereocenters. The Balaban J connectivity index is 1.76. The van der Waals surface area contributed by atoms with Crippen molar-refractivity contribution in [1.82, 2.24) is 0 Å². The zero-order valence-corrected chi connectivity index (χ0v) is 24.7. The third-order valence-corrected chi connectivity index (χ3v) is 5.35. The predicted octanol–water partition coefficient (Wildman–Crippen LogP) is 2.73. The first-order valence-electron chi connectivity index (χ1n) is 14.3. The van der Waals surface area contributed by atoms with E-state index in [1.807, 2.05) is 12.1 Å². The largest absolute Gasteiger partial charge is 0.469 e. The molecule has 12 heteroatoms. The average molecular weight is 588 g/mol. The third-order valence-electron chi connectivity index (χ3n) is 5.35. The van der Waals surface area contributed by atoms with Gasteiger partial charge in [0.15, 0.2) is 0 Å². The molecule has 0 saturated carbocycles. The molecule has 0 aromatic heterocycles. The second kappa shape index (κ2) is 27.8. The molecular formula is C29H49NO11. The van der Waals surface area contributed by atoms with Gasteiger partial charge in [0.2, 0.25) is 0 Å². The fraction of sp³-hybridized carbons (Fsp3) is 0.724. The van der Waals surface area contributed by atoms with Gasteiger partial charge >= 0.3 is 11.9 Å². The highest BCUT2D eigenvalue weighted by molar-refractivity contribution is 5.89. The van der Waals surface area contributed by atoms with Crippen LogP contribution in [-0.4, -0.2) is 125 Å². The summed E-state index contributed by atoms with van der Waals surface area (Å²) < 4.78 is 47.5. The van der Waals surface area contributed by atoms with Crippen LogP contribution in [-0.2, 0) is 47.4 Å². The van der Waals surface area contributed by atoms with E-state index < -0.39 is 0 Å². The van der Waals surface area contributed by atoms with Crippen molar-refractivity contribution < 1.29 is 52.2 Å². The number of carbonyl (C=O) groups is 2. The molecular weight excluding hydrogens is 538 g/mol. The van der Waals surface area contributed by atoms with Crippen LogP contribution < -0.4 is 5.32 Å². The summed E-state index contributed by atoms with van der Waals surface area (Å²) in [7, 11) is 1.35. The highest BCUT2D eigenvalue weighted by atomic mass is 16.6. The van der Waals surface area contributed by atoms with Crippen molar-refractivity contribution in [2.24, 2.45) is 0 Å². The van der Waals surface area contributed by atoms with Crippen LogP contribution in [0.3, 0.4) is 0 Å². The summed E-state index contributed by atoms with van der Waals surface area (Å²) in [6, 6.07) is 7.27. The monoisotopic (exact) mass is 587 g/mol. The van der Waals surface area contributed by atoms with Gasteiger partial charge in [-0.25, -0.2) is 4.79 Å². The van der Waals surface area contributed by atoms with E-state index in [2.05, 4.69) is 17.0 Å². The van der Waals surface area contributed by atoms with Gasteiger partial charge in [-0.15, -0.1) is 0 Å². The summed E-state index contributed by atoms with van der Waals surface area (Å²) in [5, 5.41) is 3.31. The number of carbonyl (C=O) groups excluding carboxylic acids is 2. The first-order chi connectivity index (χ1) is 20.2. The van der Waals surface area contributed by atoms with Gasteiger partial charge in [0.1, 0.15) is 6.61 Å². The number of rotatable bonds is 29. The maximum absolute atomic E-state index is 12.1. The lowest BCUT2D eigenvalue weighted by Crippen LogP contribution is -2.15. The number of ether oxygens (including phenoxy) is 9. The summed E-state index contributed by atoms with van der Waals surface area (Å²) >= 11 is 0. The van der Waals surface area contributed by atoms with E-state index in [-0.39, 0.29) is 25.0 Å². The van der Waals surface area contributed by atoms with Crippen molar-refractivity contribution in [1.29, 1.82) is 0 Å². The molecule has 0 spiro atoms. The third kappa shape index (κ3) is 23.0. The molecule has 0 aliphatic heterocycles. The summed E-state index contributed by atoms with van der Waals surface area (Å²) in [5.41, 5.74) is 1.51. The minimum absolute atomic E-state index is 0.188. The zero-order valence-electron chi connectivity index (χ0n) is 24.7. The molecule has 0 heterocycles. The van der Waals surface area contributed by atoms with Crippen molar-refractivity contribution in [3.63, 3.8) is 0 Å². The fourth-order valence-electron chi connectivity index (χ4n) is 3.09. The van der Waals surface area contributed by atoms with Crippen LogP contribution in [0.5, 0.6) is 0 Å². The molecule has 236 valence electrons. The lowest BCUT2D eigenvalue weighted by molar-refractivity contribution is -0.141. The summed E-state index contributed by atoms with van der Waals surface area (Å²) in [6.07, 6.45) is 2.48. The second-order valence-corrected chi connectivity index (χ2v) is 8.61. The van der Waals surface area contributed by atoms with Crippen LogP contribution in [0.1, 0.15) is 36.5 Å². The van der Waals surface area contributed by atoms with Crippen LogP contribution in [0, 0.1) is 0 Å². The Morgan fingerprint density at radius 1 is 0.610 bits per heavy atom. The Kier molecular flexibility index (Phi) is 24.9. The smallest absolute Gasteiger partial charge is 0.338 e. The van der Waals surface area contributed by atoms with Gasteiger partial charge in [0.05, 0.1) is 112 Å². The molecule has 1 N–H and O–H groups in total. The highest BCUT2D eigenvalue weighted by Gasteiger charge is 2.06. The highest BCUT2D eigenvalue weighted by Crippen LogP contribution is 2.10. The number of esters is 2. The quantitative estimate of drug-likeness (QED) is 0.109. The molecule has 0 radical (unpaired) electrons. The molecule has 0 aliphatic carbocycles. The molecule has 0 aliphatic rings. The van der Waals surface area contributed by atoms with E-state index in [1.165, 1.54) is 7.11 Å². The molecule has 0 saturated heterocycles. The van der Waals surface area contributed by atoms with Crippen molar-refractivity contribution in [3.8, 4) is 0 Å². The number of unbranched alkanes of at least 4 members (excludes halogenated alkanes) is 1. The molecule has 1 aromatic rings. The van der Waals surface area contributed by atoms with Gasteiger partial charge in [-0.05, 0) is 30.7 Å². The molecule has 41 heavy (non-hydrogen) atoms. The van der Waals surface area contributed by atoms with Gasteiger partial charge < -0.3 is 47.9 Å². The minimum Gasteiger partial charge on any atom is -0.469 e. The first-order valence-corrected chi connectivity index (χ1v) is 14.3. The van der Waals surface area contributed by atoms with Crippen molar-refractivity contribution in [2.45, 2.75) is 26.2 Å². The number of hydrogen-bond acceptors (Lipinski definition) is 12. The van der Waals surface area contributed by atoms with E-state index in [0.29, 0.717) is 98.1 Å². The Labute approximate surface area is 244 Å². The van der Waals surface area contributed by atoms with Gasteiger partial charge in [-0.1, -0.05) is 13.3 Å². The first kappa shape index (κ1) is 36.7. The van der Waals surface area contributed by atoms with Crippen molar-refractivity contribution in [3.05, 3.63) is 29.8 Å². The standard InChI is InChI=1S/C29H49NO11/c1-3-4-10-30-27-7-5-26(6-8-27)29(32)41-25-24-40-23-22-39-21-20-38-19-18-37-17-16-36-15-14-35-13-12-34-11-9-28(31)33-2/h5-8,30H,3-4,9-25H2,1-2H3. The van der Waals surface area contributed by atoms with Crippen molar-refractivity contribution in [2.75, 3.05) is 118 Å². The number of anilines is 1. The zero-order chi connectivity index (χ0) is 29.6. The van der Waals surface area contributed by atoms with E-state index in [9.17, 15) is 9.59 Å². The summed E-state index contributed by atoms with van der Waals surface area (Å²) in [6.45, 7) is 9.37.